The largest absolute Gasteiger partial charge is 0.573 e. The minimum atomic E-state index is -4.93. The maximum absolute atomic E-state index is 13.4. The van der Waals surface area contributed by atoms with Crippen molar-refractivity contribution in [2.24, 2.45) is 5.92 Å². The Bertz CT molecular complexity index is 1450. The van der Waals surface area contributed by atoms with Crippen LogP contribution >= 0.6 is 11.6 Å². The molecule has 4 nitrogen and oxygen atoms in total. The highest BCUT2D eigenvalue weighted by Crippen LogP contribution is 2.45. The van der Waals surface area contributed by atoms with Gasteiger partial charge in [0.1, 0.15) is 0 Å². The van der Waals surface area contributed by atoms with Crippen molar-refractivity contribution in [3.63, 3.8) is 0 Å². The second kappa shape index (κ2) is 12.2. The van der Waals surface area contributed by atoms with Crippen LogP contribution in [0.3, 0.4) is 0 Å². The number of para-hydroxylation sites is 1. The zero-order valence-corrected chi connectivity index (χ0v) is 23.1. The van der Waals surface area contributed by atoms with Crippen LogP contribution in [-0.4, -0.2) is 48.6 Å². The van der Waals surface area contributed by atoms with Crippen LogP contribution < -0.4 is 4.74 Å². The van der Waals surface area contributed by atoms with Gasteiger partial charge in [-0.25, -0.2) is 4.79 Å². The van der Waals surface area contributed by atoms with Crippen molar-refractivity contribution >= 4 is 28.7 Å². The summed E-state index contributed by atoms with van der Waals surface area (Å²) in [6.45, 7) is 2.34. The van der Waals surface area contributed by atoms with E-state index in [-0.39, 0.29) is 22.8 Å². The number of carboxylic acid groups (broad SMARTS) is 1. The molecule has 2 aliphatic rings. The number of allylic oxidation sites excluding steroid dienone is 1. The summed E-state index contributed by atoms with van der Waals surface area (Å²) >= 11 is 6.24. The lowest BCUT2D eigenvalue weighted by atomic mass is 9.86. The Morgan fingerprint density at radius 2 is 1.78 bits per heavy atom. The Balaban J connectivity index is 1.56. The molecule has 9 heteroatoms. The molecule has 3 aromatic rings. The smallest absolute Gasteiger partial charge is 0.478 e. The van der Waals surface area contributed by atoms with E-state index in [1.807, 2.05) is 24.3 Å². The minimum Gasteiger partial charge on any atom is -0.478 e. The van der Waals surface area contributed by atoms with Gasteiger partial charge in [-0.3, -0.25) is 4.39 Å². The number of aromatic carboxylic acids is 1. The van der Waals surface area contributed by atoms with Crippen molar-refractivity contribution in [1.82, 2.24) is 4.90 Å². The predicted octanol–water partition coefficient (Wildman–Crippen LogP) is 8.07. The number of hydrogen-bond donors (Lipinski definition) is 1. The summed E-state index contributed by atoms with van der Waals surface area (Å²) < 4.78 is 57.2. The highest BCUT2D eigenvalue weighted by Gasteiger charge is 2.34. The Labute approximate surface area is 241 Å². The van der Waals surface area contributed by atoms with E-state index in [1.54, 1.807) is 24.3 Å². The van der Waals surface area contributed by atoms with E-state index in [0.717, 1.165) is 53.9 Å². The van der Waals surface area contributed by atoms with Gasteiger partial charge in [-0.1, -0.05) is 54.1 Å². The molecule has 5 rings (SSSR count). The van der Waals surface area contributed by atoms with Crippen LogP contribution in [-0.2, 0) is 12.8 Å². The van der Waals surface area contributed by atoms with Gasteiger partial charge in [0.2, 0.25) is 0 Å². The molecule has 1 aliphatic heterocycles. The number of aryl methyl sites for hydroxylation is 1. The van der Waals surface area contributed by atoms with E-state index in [9.17, 15) is 27.5 Å². The number of fused-ring (bicyclic) bond motifs is 1. The standard InChI is InChI=1S/C32H30ClF4NO3/c33-28-7-2-6-27(30(28)41-32(35,36)37)26-5-1-4-23-17-24(31(39)40)12-13-25(23)29(26)22-10-8-20(9-11-22)16-21-18-38(19-21)15-3-14-34/h2,6-13,17,21H,1,3-5,14-16,18-19H2,(H,39,40). The number of carbonyl (C=O) groups is 1. The van der Waals surface area contributed by atoms with Crippen LogP contribution in [0, 0.1) is 5.92 Å². The van der Waals surface area contributed by atoms with Crippen molar-refractivity contribution in [2.75, 3.05) is 26.3 Å². The molecule has 0 bridgehead atoms. The first-order valence-corrected chi connectivity index (χ1v) is 14.0. The van der Waals surface area contributed by atoms with Crippen LogP contribution in [0.4, 0.5) is 17.6 Å². The monoisotopic (exact) mass is 587 g/mol. The fourth-order valence-electron chi connectivity index (χ4n) is 5.90. The number of alkyl halides is 4. The molecule has 1 fully saturated rings. The van der Waals surface area contributed by atoms with Crippen LogP contribution in [0.15, 0.2) is 60.7 Å². The van der Waals surface area contributed by atoms with Gasteiger partial charge in [0.05, 0.1) is 17.3 Å². The third-order valence-electron chi connectivity index (χ3n) is 7.71. The van der Waals surface area contributed by atoms with E-state index < -0.39 is 18.1 Å². The third-order valence-corrected chi connectivity index (χ3v) is 8.01. The summed E-state index contributed by atoms with van der Waals surface area (Å²) in [5.74, 6) is -0.988. The SMILES string of the molecule is O=C(O)c1ccc2c(c1)CCCC(c1cccc(Cl)c1OC(F)(F)F)=C2c1ccc(CC2CN(CCCF)C2)cc1. The summed E-state index contributed by atoms with van der Waals surface area (Å²) in [6.07, 6.45) is -1.88. The van der Waals surface area contributed by atoms with Crippen LogP contribution in [0.1, 0.15) is 57.4 Å². The summed E-state index contributed by atoms with van der Waals surface area (Å²) in [6, 6.07) is 17.5. The van der Waals surface area contributed by atoms with Gasteiger partial charge in [0, 0.05) is 25.2 Å². The highest BCUT2D eigenvalue weighted by atomic mass is 35.5. The highest BCUT2D eigenvalue weighted by molar-refractivity contribution is 6.32. The van der Waals surface area contributed by atoms with Crippen molar-refractivity contribution in [3.05, 3.63) is 99.1 Å². The van der Waals surface area contributed by atoms with Crippen LogP contribution in [0.2, 0.25) is 5.02 Å². The van der Waals surface area contributed by atoms with E-state index in [1.165, 1.54) is 12.1 Å². The maximum Gasteiger partial charge on any atom is 0.573 e. The number of likely N-dealkylation sites (tertiary alicyclic amines) is 1. The molecular formula is C32H30ClF4NO3. The van der Waals surface area contributed by atoms with E-state index >= 15 is 0 Å². The van der Waals surface area contributed by atoms with Crippen molar-refractivity contribution in [3.8, 4) is 5.75 Å². The first-order chi connectivity index (χ1) is 19.6. The second-order valence-electron chi connectivity index (χ2n) is 10.6. The molecule has 0 spiro atoms. The topological polar surface area (TPSA) is 49.8 Å². The minimum absolute atomic E-state index is 0.145. The number of benzene rings is 3. The lowest BCUT2D eigenvalue weighted by Crippen LogP contribution is -2.47. The molecule has 41 heavy (non-hydrogen) atoms. The molecule has 3 aromatic carbocycles. The Hall–Kier alpha value is -3.36. The number of rotatable bonds is 9. The Morgan fingerprint density at radius 1 is 1.02 bits per heavy atom. The fraction of sp³-hybridized carbons (Fsp3) is 0.344. The van der Waals surface area contributed by atoms with Crippen LogP contribution in [0.25, 0.3) is 11.1 Å². The first-order valence-electron chi connectivity index (χ1n) is 13.6. The summed E-state index contributed by atoms with van der Waals surface area (Å²) in [5.41, 5.74) is 5.35. The van der Waals surface area contributed by atoms with Crippen molar-refractivity contribution < 1.29 is 32.2 Å². The molecule has 1 aliphatic carbocycles. The predicted molar refractivity (Wildman–Crippen MR) is 151 cm³/mol. The molecule has 0 amide bonds. The molecule has 1 saturated heterocycles. The summed E-state index contributed by atoms with van der Waals surface area (Å²) in [4.78, 5) is 13.9. The lowest BCUT2D eigenvalue weighted by molar-refractivity contribution is -0.274. The lowest BCUT2D eigenvalue weighted by Gasteiger charge is -2.39. The van der Waals surface area contributed by atoms with Crippen molar-refractivity contribution in [1.29, 1.82) is 0 Å². The maximum atomic E-state index is 13.4. The summed E-state index contributed by atoms with van der Waals surface area (Å²) in [7, 11) is 0. The molecule has 0 radical (unpaired) electrons. The van der Waals surface area contributed by atoms with Gasteiger partial charge < -0.3 is 14.7 Å². The molecular weight excluding hydrogens is 558 g/mol. The molecule has 1 heterocycles. The third kappa shape index (κ3) is 6.76. The molecule has 0 unspecified atom stereocenters. The Kier molecular flexibility index (Phi) is 8.71. The molecule has 216 valence electrons. The molecule has 0 aromatic heterocycles. The molecule has 1 N–H and O–H groups in total. The zero-order valence-electron chi connectivity index (χ0n) is 22.3. The van der Waals surface area contributed by atoms with Crippen LogP contribution in [0.5, 0.6) is 5.75 Å². The fourth-order valence-corrected chi connectivity index (χ4v) is 6.11. The average molecular weight is 588 g/mol. The van der Waals surface area contributed by atoms with Crippen molar-refractivity contribution in [2.45, 2.75) is 38.5 Å². The molecule has 0 saturated carbocycles. The normalized spacial score (nSPS) is 16.2. The molecule has 0 atom stereocenters. The van der Waals surface area contributed by atoms with Gasteiger partial charge >= 0.3 is 12.3 Å². The van der Waals surface area contributed by atoms with Gasteiger partial charge in [0.15, 0.2) is 5.75 Å². The first kappa shape index (κ1) is 29.1. The number of carboxylic acids is 1. The summed E-state index contributed by atoms with van der Waals surface area (Å²) in [5, 5.41) is 9.42. The van der Waals surface area contributed by atoms with Gasteiger partial charge in [-0.15, -0.1) is 13.2 Å². The van der Waals surface area contributed by atoms with E-state index in [4.69, 9.17) is 11.6 Å². The van der Waals surface area contributed by atoms with E-state index in [2.05, 4.69) is 9.64 Å². The van der Waals surface area contributed by atoms with Gasteiger partial charge in [-0.2, -0.15) is 0 Å². The van der Waals surface area contributed by atoms with Gasteiger partial charge in [0.25, 0.3) is 0 Å². The number of ether oxygens (including phenoxy) is 1. The number of nitrogens with zero attached hydrogens (tertiary/aromatic N) is 1. The zero-order chi connectivity index (χ0) is 29.1. The average Bonchev–Trinajstić information content (AvgIpc) is 3.10. The number of halogens is 5. The Morgan fingerprint density at radius 3 is 2.46 bits per heavy atom. The van der Waals surface area contributed by atoms with Gasteiger partial charge in [-0.05, 0) is 89.6 Å². The second-order valence-corrected chi connectivity index (χ2v) is 11.0. The van der Waals surface area contributed by atoms with E-state index in [0.29, 0.717) is 37.2 Å². The number of hydrogen-bond acceptors (Lipinski definition) is 3. The quantitative estimate of drug-likeness (QED) is 0.257.